The quantitative estimate of drug-likeness (QED) is 0.0271. The van der Waals surface area contributed by atoms with E-state index in [0.29, 0.717) is 12.8 Å². The lowest BCUT2D eigenvalue weighted by atomic mass is 10.0. The number of rotatable bonds is 38. The molecule has 0 aliphatic heterocycles. The van der Waals surface area contributed by atoms with Gasteiger partial charge in [0.1, 0.15) is 13.2 Å². The zero-order chi connectivity index (χ0) is 38.7. The Labute approximate surface area is 326 Å². The van der Waals surface area contributed by atoms with Gasteiger partial charge in [-0.05, 0) is 57.8 Å². The Kier molecular flexibility index (Phi) is 39.6. The normalized spacial score (nSPS) is 12.6. The van der Waals surface area contributed by atoms with Gasteiger partial charge < -0.3 is 14.2 Å². The fourth-order valence-corrected chi connectivity index (χ4v) is 5.83. The van der Waals surface area contributed by atoms with E-state index in [4.69, 9.17) is 14.2 Å². The summed E-state index contributed by atoms with van der Waals surface area (Å²) in [5.74, 6) is -1.06. The SMILES string of the molecule is CC/C=C\C/C=C\C/C=C\CC(=O)OCC(COC(=O)CCCCCCCCCCCCCCCC)OC(=O)CCCCCCC/C=C\C/C=C\CC. The first-order valence-corrected chi connectivity index (χ1v) is 21.8. The number of carbonyl (C=O) groups is 3. The molecule has 0 aliphatic rings. The molecule has 1 unspecified atom stereocenters. The van der Waals surface area contributed by atoms with E-state index in [0.717, 1.165) is 89.9 Å². The van der Waals surface area contributed by atoms with Crippen molar-refractivity contribution in [3.63, 3.8) is 0 Å². The van der Waals surface area contributed by atoms with Crippen molar-refractivity contribution in [1.82, 2.24) is 0 Å². The predicted octanol–water partition coefficient (Wildman–Crippen LogP) is 13.7. The van der Waals surface area contributed by atoms with Crippen molar-refractivity contribution in [3.8, 4) is 0 Å². The average molecular weight is 741 g/mol. The van der Waals surface area contributed by atoms with Crippen molar-refractivity contribution < 1.29 is 28.6 Å². The third-order valence-electron chi connectivity index (χ3n) is 9.05. The lowest BCUT2D eigenvalue weighted by Crippen LogP contribution is -2.30. The van der Waals surface area contributed by atoms with Crippen molar-refractivity contribution in [2.24, 2.45) is 0 Å². The number of hydrogen-bond acceptors (Lipinski definition) is 6. The first-order chi connectivity index (χ1) is 26.0. The van der Waals surface area contributed by atoms with Crippen LogP contribution < -0.4 is 0 Å². The largest absolute Gasteiger partial charge is 0.462 e. The van der Waals surface area contributed by atoms with Crippen molar-refractivity contribution >= 4 is 17.9 Å². The second kappa shape index (κ2) is 41.9. The first-order valence-electron chi connectivity index (χ1n) is 21.8. The molecule has 0 spiro atoms. The van der Waals surface area contributed by atoms with Crippen LogP contribution in [0.1, 0.15) is 201 Å². The van der Waals surface area contributed by atoms with E-state index in [-0.39, 0.29) is 31.6 Å². The van der Waals surface area contributed by atoms with Gasteiger partial charge in [0.05, 0.1) is 6.42 Å². The van der Waals surface area contributed by atoms with E-state index in [1.165, 1.54) is 70.6 Å². The molecule has 0 radical (unpaired) electrons. The molecule has 304 valence electrons. The van der Waals surface area contributed by atoms with Crippen LogP contribution in [0.5, 0.6) is 0 Å². The van der Waals surface area contributed by atoms with Gasteiger partial charge in [0.25, 0.3) is 0 Å². The summed E-state index contributed by atoms with van der Waals surface area (Å²) in [5, 5.41) is 0. The summed E-state index contributed by atoms with van der Waals surface area (Å²) >= 11 is 0. The molecule has 0 heterocycles. The van der Waals surface area contributed by atoms with E-state index in [2.05, 4.69) is 69.4 Å². The van der Waals surface area contributed by atoms with Gasteiger partial charge in [-0.15, -0.1) is 0 Å². The van der Waals surface area contributed by atoms with E-state index >= 15 is 0 Å². The number of esters is 3. The summed E-state index contributed by atoms with van der Waals surface area (Å²) < 4.78 is 16.5. The molecule has 0 bridgehead atoms. The lowest BCUT2D eigenvalue weighted by Gasteiger charge is -2.18. The molecule has 0 N–H and O–H groups in total. The molecule has 0 rings (SSSR count). The maximum Gasteiger partial charge on any atom is 0.309 e. The molecule has 0 aromatic heterocycles. The van der Waals surface area contributed by atoms with Crippen molar-refractivity contribution in [2.75, 3.05) is 13.2 Å². The zero-order valence-electron chi connectivity index (χ0n) is 34.5. The monoisotopic (exact) mass is 741 g/mol. The van der Waals surface area contributed by atoms with Crippen molar-refractivity contribution in [1.29, 1.82) is 0 Å². The summed E-state index contributed by atoms with van der Waals surface area (Å²) in [6.07, 6.45) is 49.5. The van der Waals surface area contributed by atoms with E-state index in [1.54, 1.807) is 6.08 Å². The van der Waals surface area contributed by atoms with Gasteiger partial charge in [0.15, 0.2) is 6.10 Å². The molecule has 0 saturated heterocycles. The Morgan fingerprint density at radius 1 is 0.415 bits per heavy atom. The second-order valence-corrected chi connectivity index (χ2v) is 14.2. The maximum absolute atomic E-state index is 12.7. The van der Waals surface area contributed by atoms with Crippen molar-refractivity contribution in [3.05, 3.63) is 60.8 Å². The van der Waals surface area contributed by atoms with E-state index < -0.39 is 12.1 Å². The molecule has 0 aromatic carbocycles. The first kappa shape index (κ1) is 50.1. The van der Waals surface area contributed by atoms with Crippen LogP contribution in [0.25, 0.3) is 0 Å². The number of hydrogen-bond donors (Lipinski definition) is 0. The number of unbranched alkanes of at least 4 members (excludes halogenated alkanes) is 18. The molecule has 0 fully saturated rings. The molecule has 53 heavy (non-hydrogen) atoms. The molecular weight excluding hydrogens is 661 g/mol. The van der Waals surface area contributed by atoms with Gasteiger partial charge in [-0.25, -0.2) is 0 Å². The Morgan fingerprint density at radius 3 is 1.32 bits per heavy atom. The Morgan fingerprint density at radius 2 is 0.811 bits per heavy atom. The second-order valence-electron chi connectivity index (χ2n) is 14.2. The Hall–Kier alpha value is -2.89. The number of carbonyl (C=O) groups excluding carboxylic acids is 3. The minimum atomic E-state index is -0.811. The van der Waals surface area contributed by atoms with E-state index in [1.807, 2.05) is 6.08 Å². The van der Waals surface area contributed by atoms with Crippen LogP contribution in [0.15, 0.2) is 60.8 Å². The van der Waals surface area contributed by atoms with Gasteiger partial charge >= 0.3 is 17.9 Å². The van der Waals surface area contributed by atoms with Gasteiger partial charge in [0.2, 0.25) is 0 Å². The molecule has 0 aliphatic carbocycles. The highest BCUT2D eigenvalue weighted by atomic mass is 16.6. The molecule has 0 aromatic rings. The summed E-state index contributed by atoms with van der Waals surface area (Å²) in [6, 6.07) is 0. The zero-order valence-corrected chi connectivity index (χ0v) is 34.5. The Bertz CT molecular complexity index is 991. The lowest BCUT2D eigenvalue weighted by molar-refractivity contribution is -0.166. The third kappa shape index (κ3) is 40.1. The average Bonchev–Trinajstić information content (AvgIpc) is 3.15. The standard InChI is InChI=1S/C47H80O6/c1-4-7-10-13-16-19-21-23-24-26-28-31-34-37-40-46(49)52-43-44(42-51-45(48)39-36-33-30-27-18-15-12-9-6-3)53-47(50)41-38-35-32-29-25-22-20-17-14-11-8-5-2/h8-9,11-12,17-18,20,27,33,36,44H,4-7,10,13-16,19,21-26,28-32,34-35,37-43H2,1-3H3/b11-8-,12-9-,20-17-,27-18-,36-33-. The molecular formula is C47H80O6. The third-order valence-corrected chi connectivity index (χ3v) is 9.05. The highest BCUT2D eigenvalue weighted by Gasteiger charge is 2.19. The van der Waals surface area contributed by atoms with Gasteiger partial charge in [-0.3, -0.25) is 14.4 Å². The molecule has 0 saturated carbocycles. The highest BCUT2D eigenvalue weighted by molar-refractivity contribution is 5.72. The summed E-state index contributed by atoms with van der Waals surface area (Å²) in [5.41, 5.74) is 0. The van der Waals surface area contributed by atoms with Gasteiger partial charge in [-0.1, -0.05) is 184 Å². The molecule has 6 heteroatoms. The number of ether oxygens (including phenoxy) is 3. The van der Waals surface area contributed by atoms with Gasteiger partial charge in [0, 0.05) is 12.8 Å². The predicted molar refractivity (Wildman–Crippen MR) is 224 cm³/mol. The molecule has 1 atom stereocenters. The molecule has 6 nitrogen and oxygen atoms in total. The summed E-state index contributed by atoms with van der Waals surface area (Å²) in [7, 11) is 0. The highest BCUT2D eigenvalue weighted by Crippen LogP contribution is 2.14. The fourth-order valence-electron chi connectivity index (χ4n) is 5.83. The van der Waals surface area contributed by atoms with Crippen LogP contribution in [-0.4, -0.2) is 37.2 Å². The van der Waals surface area contributed by atoms with Crippen LogP contribution in [-0.2, 0) is 28.6 Å². The van der Waals surface area contributed by atoms with Crippen molar-refractivity contribution in [2.45, 2.75) is 207 Å². The summed E-state index contributed by atoms with van der Waals surface area (Å²) in [4.78, 5) is 37.5. The van der Waals surface area contributed by atoms with Crippen LogP contribution in [0.2, 0.25) is 0 Å². The topological polar surface area (TPSA) is 78.9 Å². The summed E-state index contributed by atoms with van der Waals surface area (Å²) in [6.45, 7) is 6.28. The number of allylic oxidation sites excluding steroid dienone is 9. The van der Waals surface area contributed by atoms with E-state index in [9.17, 15) is 14.4 Å². The van der Waals surface area contributed by atoms with Gasteiger partial charge in [-0.2, -0.15) is 0 Å². The maximum atomic E-state index is 12.7. The van der Waals surface area contributed by atoms with Crippen LogP contribution in [0, 0.1) is 0 Å². The molecule has 0 amide bonds. The fraction of sp³-hybridized carbons (Fsp3) is 0.723. The smallest absolute Gasteiger partial charge is 0.309 e. The minimum absolute atomic E-state index is 0.106. The minimum Gasteiger partial charge on any atom is -0.462 e. The van der Waals surface area contributed by atoms with Crippen LogP contribution >= 0.6 is 0 Å². The van der Waals surface area contributed by atoms with Crippen LogP contribution in [0.3, 0.4) is 0 Å². The Balaban J connectivity index is 4.43. The van der Waals surface area contributed by atoms with Crippen LogP contribution in [0.4, 0.5) is 0 Å².